The number of carbonyl (C=O) groups is 1. The maximum atomic E-state index is 13.5. The van der Waals surface area contributed by atoms with Gasteiger partial charge in [-0.3, -0.25) is 4.79 Å². The average Bonchev–Trinajstić information content (AvgIpc) is 3.10. The molecule has 0 bridgehead atoms. The Hall–Kier alpha value is -0.900. The number of thiocarbonyl (C=S) groups is 1. The van der Waals surface area contributed by atoms with Gasteiger partial charge in [0.15, 0.2) is 0 Å². The highest BCUT2D eigenvalue weighted by molar-refractivity contribution is 7.80. The van der Waals surface area contributed by atoms with Crippen LogP contribution in [0.4, 0.5) is 0 Å². The molecule has 0 spiro atoms. The quantitative estimate of drug-likeness (QED) is 0.341. The van der Waals surface area contributed by atoms with Gasteiger partial charge in [-0.15, -0.1) is 0 Å². The van der Waals surface area contributed by atoms with Gasteiger partial charge in [0.05, 0.1) is 4.99 Å². The van der Waals surface area contributed by atoms with Gasteiger partial charge in [-0.2, -0.15) is 0 Å². The van der Waals surface area contributed by atoms with Crippen molar-refractivity contribution in [1.29, 1.82) is 0 Å². The highest BCUT2D eigenvalue weighted by Gasteiger charge is 2.39. The van der Waals surface area contributed by atoms with E-state index < -0.39 is 0 Å². The summed E-state index contributed by atoms with van der Waals surface area (Å²) in [4.78, 5) is 16.6. The molecule has 2 aliphatic rings. The molecule has 0 radical (unpaired) electrons. The molecule has 0 aromatic rings. The molecule has 1 aliphatic carbocycles. The van der Waals surface area contributed by atoms with Gasteiger partial charge in [0, 0.05) is 31.0 Å². The molecule has 0 unspecified atom stereocenters. The van der Waals surface area contributed by atoms with Gasteiger partial charge < -0.3 is 10.2 Å². The molecule has 3 nitrogen and oxygen atoms in total. The molecule has 1 saturated carbocycles. The minimum absolute atomic E-state index is 0.00783. The van der Waals surface area contributed by atoms with E-state index in [1.54, 1.807) is 0 Å². The summed E-state index contributed by atoms with van der Waals surface area (Å²) >= 11 is 5.69. The molecule has 4 heteroatoms. The fourth-order valence-electron chi connectivity index (χ4n) is 4.78. The van der Waals surface area contributed by atoms with Crippen molar-refractivity contribution in [2.75, 3.05) is 13.1 Å². The number of nitrogens with one attached hydrogen (secondary N) is 1. The smallest absolute Gasteiger partial charge is 0.226 e. The van der Waals surface area contributed by atoms with Gasteiger partial charge in [-0.05, 0) is 49.9 Å². The molecule has 0 aromatic heterocycles. The molecule has 2 fully saturated rings. The van der Waals surface area contributed by atoms with Gasteiger partial charge in [-0.1, -0.05) is 78.3 Å². The predicted octanol–water partition coefficient (Wildman–Crippen LogP) is 6.13. The normalized spacial score (nSPS) is 25.4. The lowest BCUT2D eigenvalue weighted by molar-refractivity contribution is -0.139. The first-order chi connectivity index (χ1) is 13.7. The number of rotatable bonds is 10. The van der Waals surface area contributed by atoms with E-state index in [9.17, 15) is 4.79 Å². The van der Waals surface area contributed by atoms with Crippen LogP contribution in [0.1, 0.15) is 92.4 Å². The molecule has 2 atom stereocenters. The number of amides is 1. The first-order valence-electron chi connectivity index (χ1n) is 11.9. The minimum atomic E-state index is -0.0511. The third kappa shape index (κ3) is 6.80. The summed E-state index contributed by atoms with van der Waals surface area (Å²) in [5.74, 6) is 1.76. The predicted molar refractivity (Wildman–Crippen MR) is 128 cm³/mol. The highest BCUT2D eigenvalue weighted by atomic mass is 32.1. The van der Waals surface area contributed by atoms with Gasteiger partial charge in [-0.25, -0.2) is 0 Å². The monoisotopic (exact) mass is 420 g/mol. The zero-order chi connectivity index (χ0) is 21.6. The highest BCUT2D eigenvalue weighted by Crippen LogP contribution is 2.38. The molecule has 29 heavy (non-hydrogen) atoms. The Balaban J connectivity index is 1.87. The number of hydrogen-bond donors (Lipinski definition) is 1. The van der Waals surface area contributed by atoms with Crippen LogP contribution in [-0.2, 0) is 4.79 Å². The lowest BCUT2D eigenvalue weighted by Crippen LogP contribution is -2.49. The lowest BCUT2D eigenvalue weighted by atomic mass is 9.72. The number of likely N-dealkylation sites (tertiary alicyclic amines) is 1. The molecular weight excluding hydrogens is 376 g/mol. The maximum absolute atomic E-state index is 13.5. The van der Waals surface area contributed by atoms with Gasteiger partial charge in [0.25, 0.3) is 0 Å². The van der Waals surface area contributed by atoms with Gasteiger partial charge in [0.2, 0.25) is 5.91 Å². The van der Waals surface area contributed by atoms with Crippen molar-refractivity contribution in [3.8, 4) is 0 Å². The summed E-state index contributed by atoms with van der Waals surface area (Å²) in [6, 6.07) is 0.274. The third-order valence-corrected chi connectivity index (χ3v) is 7.56. The Labute approximate surface area is 185 Å². The number of carbonyl (C=O) groups excluding carboxylic acids is 1. The molecule has 166 valence electrons. The third-order valence-electron chi connectivity index (χ3n) is 7.08. The van der Waals surface area contributed by atoms with Crippen LogP contribution in [0.2, 0.25) is 0 Å². The topological polar surface area (TPSA) is 32.3 Å². The number of unbranched alkanes of at least 4 members (excludes halogenated alkanes) is 1. The van der Waals surface area contributed by atoms with E-state index in [4.69, 9.17) is 12.2 Å². The van der Waals surface area contributed by atoms with E-state index in [0.29, 0.717) is 11.8 Å². The largest absolute Gasteiger partial charge is 0.377 e. The lowest BCUT2D eigenvalue weighted by Gasteiger charge is -2.38. The standard InChI is InChI=1S/C25H44N2OS/c1-7-9-11-19-15-20(16-19)23(29)26-17-21-12-10-13-27(21)24(28)22(25(4,5)6)14-18(3)8-2/h19-22H,3,7-17H2,1-2,4-6H3,(H,26,29)/t19?,20?,21-,22-/m1/s1. The fraction of sp³-hybridized carbons (Fsp3) is 0.840. The van der Waals surface area contributed by atoms with Crippen LogP contribution in [-0.4, -0.2) is 34.9 Å². The number of nitrogens with zero attached hydrogens (tertiary/aromatic N) is 1. The van der Waals surface area contributed by atoms with Gasteiger partial charge >= 0.3 is 0 Å². The van der Waals surface area contributed by atoms with Crippen molar-refractivity contribution in [2.24, 2.45) is 23.2 Å². The molecular formula is C25H44N2OS. The average molecular weight is 421 g/mol. The summed E-state index contributed by atoms with van der Waals surface area (Å²) in [7, 11) is 0. The zero-order valence-corrected chi connectivity index (χ0v) is 20.4. The van der Waals surface area contributed by atoms with Crippen LogP contribution in [0.25, 0.3) is 0 Å². The van der Waals surface area contributed by atoms with Crippen molar-refractivity contribution >= 4 is 23.1 Å². The second kappa shape index (κ2) is 10.9. The van der Waals surface area contributed by atoms with E-state index in [2.05, 4.69) is 51.4 Å². The Morgan fingerprint density at radius 3 is 2.55 bits per heavy atom. The van der Waals surface area contributed by atoms with Crippen molar-refractivity contribution in [2.45, 2.75) is 98.4 Å². The molecule has 1 heterocycles. The first-order valence-corrected chi connectivity index (χ1v) is 12.3. The molecule has 1 saturated heterocycles. The molecule has 2 rings (SSSR count). The van der Waals surface area contributed by atoms with E-state index >= 15 is 0 Å². The van der Waals surface area contributed by atoms with Crippen LogP contribution in [0.15, 0.2) is 12.2 Å². The van der Waals surface area contributed by atoms with Crippen LogP contribution >= 0.6 is 12.2 Å². The first kappa shape index (κ1) is 24.4. The molecule has 1 N–H and O–H groups in total. The molecule has 0 aromatic carbocycles. The summed E-state index contributed by atoms with van der Waals surface area (Å²) in [5, 5.41) is 3.54. The van der Waals surface area contributed by atoms with E-state index in [0.717, 1.165) is 49.7 Å². The second-order valence-corrected chi connectivity index (χ2v) is 10.9. The summed E-state index contributed by atoms with van der Waals surface area (Å²) in [6.07, 6.45) is 10.4. The molecule has 1 amide bonds. The minimum Gasteiger partial charge on any atom is -0.377 e. The molecule has 1 aliphatic heterocycles. The van der Waals surface area contributed by atoms with Crippen LogP contribution in [0.3, 0.4) is 0 Å². The Kier molecular flexibility index (Phi) is 9.18. The second-order valence-electron chi connectivity index (χ2n) is 10.5. The Morgan fingerprint density at radius 2 is 1.97 bits per heavy atom. The maximum Gasteiger partial charge on any atom is 0.226 e. The van der Waals surface area contributed by atoms with Crippen molar-refractivity contribution < 1.29 is 4.79 Å². The van der Waals surface area contributed by atoms with Crippen molar-refractivity contribution in [1.82, 2.24) is 10.2 Å². The zero-order valence-electron chi connectivity index (χ0n) is 19.6. The van der Waals surface area contributed by atoms with Crippen LogP contribution in [0.5, 0.6) is 0 Å². The van der Waals surface area contributed by atoms with E-state index in [1.807, 2.05) is 0 Å². The summed E-state index contributed by atoms with van der Waals surface area (Å²) < 4.78 is 0. The van der Waals surface area contributed by atoms with Gasteiger partial charge in [0.1, 0.15) is 0 Å². The fourth-order valence-corrected chi connectivity index (χ4v) is 5.05. The van der Waals surface area contributed by atoms with Crippen molar-refractivity contribution in [3.05, 3.63) is 12.2 Å². The SMILES string of the molecule is C=C(CC)C[C@H](C(=O)N1CCC[C@@H]1CNC(=S)C1CC(CCCC)C1)C(C)(C)C. The number of allylic oxidation sites excluding steroid dienone is 1. The Bertz CT molecular complexity index is 574. The van der Waals surface area contributed by atoms with E-state index in [-0.39, 0.29) is 17.4 Å². The van der Waals surface area contributed by atoms with Crippen LogP contribution < -0.4 is 5.32 Å². The van der Waals surface area contributed by atoms with E-state index in [1.165, 1.54) is 37.7 Å². The Morgan fingerprint density at radius 1 is 1.28 bits per heavy atom. The summed E-state index contributed by atoms with van der Waals surface area (Å²) in [5.41, 5.74) is 1.13. The van der Waals surface area contributed by atoms with Crippen molar-refractivity contribution in [3.63, 3.8) is 0 Å². The summed E-state index contributed by atoms with van der Waals surface area (Å²) in [6.45, 7) is 16.8. The van der Waals surface area contributed by atoms with Crippen LogP contribution in [0, 0.1) is 23.2 Å². The number of hydrogen-bond acceptors (Lipinski definition) is 2.